The van der Waals surface area contributed by atoms with Gasteiger partial charge in [-0.15, -0.1) is 0 Å². The largest absolute Gasteiger partial charge is 0.495 e. The molecule has 7 rings (SSSR count). The number of carbonyl (C=O) groups excluding carboxylic acids is 2. The molecule has 2 atom stereocenters. The highest BCUT2D eigenvalue weighted by molar-refractivity contribution is 5.99. The van der Waals surface area contributed by atoms with Gasteiger partial charge in [0.05, 0.1) is 30.7 Å². The molecule has 2 bridgehead atoms. The summed E-state index contributed by atoms with van der Waals surface area (Å²) in [5.74, 6) is -0.989. The summed E-state index contributed by atoms with van der Waals surface area (Å²) in [6, 6.07) is 6.91. The van der Waals surface area contributed by atoms with E-state index >= 15 is 0 Å². The summed E-state index contributed by atoms with van der Waals surface area (Å²) < 4.78 is 54.9. The molecule has 2 saturated heterocycles. The Morgan fingerprint density at radius 3 is 2.53 bits per heavy atom. The second-order valence-electron chi connectivity index (χ2n) is 12.5. The molecule has 5 heterocycles. The average molecular weight is 655 g/mol. The van der Waals surface area contributed by atoms with Crippen LogP contribution >= 0.6 is 0 Å². The van der Waals surface area contributed by atoms with Crippen LogP contribution in [0.4, 0.5) is 36.3 Å². The van der Waals surface area contributed by atoms with E-state index in [1.165, 1.54) is 13.2 Å². The molecule has 2 amide bonds. The lowest BCUT2D eigenvalue weighted by Gasteiger charge is -2.41. The van der Waals surface area contributed by atoms with Gasteiger partial charge in [0.1, 0.15) is 22.8 Å². The number of anilines is 4. The number of halogens is 3. The van der Waals surface area contributed by atoms with Crippen molar-refractivity contribution in [3.05, 3.63) is 53.5 Å². The highest BCUT2D eigenvalue weighted by Crippen LogP contribution is 2.37. The van der Waals surface area contributed by atoms with Crippen molar-refractivity contribution in [2.45, 2.75) is 75.5 Å². The van der Waals surface area contributed by atoms with Gasteiger partial charge in [0.15, 0.2) is 0 Å². The molecule has 47 heavy (non-hydrogen) atoms. The van der Waals surface area contributed by atoms with Crippen LogP contribution in [0.25, 0.3) is 0 Å². The Kier molecular flexibility index (Phi) is 8.43. The third kappa shape index (κ3) is 6.59. The van der Waals surface area contributed by atoms with Crippen LogP contribution in [0.3, 0.4) is 0 Å². The van der Waals surface area contributed by atoms with E-state index in [1.807, 2.05) is 0 Å². The number of alkyl halides is 3. The number of hydrogen-bond donors (Lipinski definition) is 4. The first-order chi connectivity index (χ1) is 22.6. The second kappa shape index (κ2) is 12.7. The maximum Gasteiger partial charge on any atom is 0.421 e. The van der Waals surface area contributed by atoms with Gasteiger partial charge in [0.2, 0.25) is 5.95 Å². The van der Waals surface area contributed by atoms with Gasteiger partial charge in [0.25, 0.3) is 11.8 Å². The van der Waals surface area contributed by atoms with Crippen LogP contribution in [0, 0.1) is 0 Å². The van der Waals surface area contributed by atoms with E-state index in [4.69, 9.17) is 9.47 Å². The van der Waals surface area contributed by atoms with E-state index in [0.29, 0.717) is 54.5 Å². The molecule has 0 spiro atoms. The van der Waals surface area contributed by atoms with Crippen LogP contribution in [0.2, 0.25) is 0 Å². The molecule has 3 aliphatic heterocycles. The Morgan fingerprint density at radius 1 is 1.04 bits per heavy atom. The number of nitrogens with one attached hydrogen (secondary N) is 4. The van der Waals surface area contributed by atoms with Gasteiger partial charge in [-0.1, -0.05) is 0 Å². The van der Waals surface area contributed by atoms with Crippen LogP contribution in [-0.4, -0.2) is 82.3 Å². The molecule has 250 valence electrons. The van der Waals surface area contributed by atoms with E-state index in [1.54, 1.807) is 29.0 Å². The van der Waals surface area contributed by atoms with Crippen molar-refractivity contribution in [3.63, 3.8) is 0 Å². The van der Waals surface area contributed by atoms with Gasteiger partial charge in [0, 0.05) is 56.2 Å². The number of carbonyl (C=O) groups is 2. The molecule has 1 saturated carbocycles. The van der Waals surface area contributed by atoms with Crippen LogP contribution < -0.4 is 26.0 Å². The maximum atomic E-state index is 13.9. The first-order valence-corrected chi connectivity index (χ1v) is 16.0. The fourth-order valence-corrected chi connectivity index (χ4v) is 7.11. The van der Waals surface area contributed by atoms with Crippen LogP contribution in [0.15, 0.2) is 36.7 Å². The van der Waals surface area contributed by atoms with Crippen molar-refractivity contribution < 1.29 is 32.2 Å². The fraction of sp³-hybridized carbons (Fsp3) is 0.500. The number of likely N-dealkylation sites (tertiary alicyclic amines) is 1. The predicted octanol–water partition coefficient (Wildman–Crippen LogP) is 4.44. The number of morpholine rings is 1. The summed E-state index contributed by atoms with van der Waals surface area (Å²) in [4.78, 5) is 36.2. The number of rotatable bonds is 8. The summed E-state index contributed by atoms with van der Waals surface area (Å²) in [5.41, 5.74) is 0.0584. The number of methoxy groups -OCH3 is 1. The SMILES string of the molecule is COc1cc(C(=O)NC2CCC(N3CC4CCC(C3)O4)CC2)ccc1Nc1ncc(C(F)(F)F)c(Nc2ccn3c2C(=O)NCC3)n1. The van der Waals surface area contributed by atoms with Crippen molar-refractivity contribution in [1.29, 1.82) is 0 Å². The number of hydrogen-bond acceptors (Lipinski definition) is 9. The maximum absolute atomic E-state index is 13.9. The molecule has 0 radical (unpaired) electrons. The van der Waals surface area contributed by atoms with E-state index in [0.717, 1.165) is 51.6 Å². The molecule has 1 aliphatic carbocycles. The Bertz CT molecular complexity index is 1640. The molecule has 4 N–H and O–H groups in total. The monoisotopic (exact) mass is 654 g/mol. The molecular weight excluding hydrogens is 617 g/mol. The van der Waals surface area contributed by atoms with Gasteiger partial charge in [-0.3, -0.25) is 14.5 Å². The third-order valence-corrected chi connectivity index (χ3v) is 9.49. The van der Waals surface area contributed by atoms with Gasteiger partial charge < -0.3 is 35.3 Å². The van der Waals surface area contributed by atoms with Crippen molar-refractivity contribution >= 4 is 35.0 Å². The van der Waals surface area contributed by atoms with Gasteiger partial charge in [-0.05, 0) is 62.8 Å². The summed E-state index contributed by atoms with van der Waals surface area (Å²) in [6.07, 6.45) is 4.44. The Morgan fingerprint density at radius 2 is 1.81 bits per heavy atom. The molecule has 12 nitrogen and oxygen atoms in total. The van der Waals surface area contributed by atoms with E-state index in [9.17, 15) is 22.8 Å². The molecule has 15 heteroatoms. The summed E-state index contributed by atoms with van der Waals surface area (Å²) in [5, 5.41) is 11.4. The van der Waals surface area contributed by atoms with E-state index < -0.39 is 23.5 Å². The number of fused-ring (bicyclic) bond motifs is 3. The normalized spacial score (nSPS) is 24.3. The first-order valence-electron chi connectivity index (χ1n) is 16.0. The molecule has 3 aromatic rings. The van der Waals surface area contributed by atoms with Crippen molar-refractivity contribution in [1.82, 2.24) is 30.1 Å². The molecular formula is C32H37F3N8O4. The topological polar surface area (TPSA) is 135 Å². The van der Waals surface area contributed by atoms with E-state index in [2.05, 4.69) is 36.1 Å². The molecule has 2 aromatic heterocycles. The Labute approximate surface area is 269 Å². The summed E-state index contributed by atoms with van der Waals surface area (Å²) >= 11 is 0. The molecule has 3 fully saturated rings. The van der Waals surface area contributed by atoms with Crippen LogP contribution in [0.5, 0.6) is 5.75 Å². The number of benzene rings is 1. The summed E-state index contributed by atoms with van der Waals surface area (Å²) in [6.45, 7) is 2.92. The van der Waals surface area contributed by atoms with Gasteiger partial charge in [-0.25, -0.2) is 4.98 Å². The Balaban J connectivity index is 1.02. The van der Waals surface area contributed by atoms with Crippen molar-refractivity contribution in [2.24, 2.45) is 0 Å². The lowest BCUT2D eigenvalue weighted by molar-refractivity contribution is -0.137. The quantitative estimate of drug-likeness (QED) is 0.278. The van der Waals surface area contributed by atoms with Crippen molar-refractivity contribution in [2.75, 3.05) is 37.4 Å². The minimum atomic E-state index is -4.75. The average Bonchev–Trinajstić information content (AvgIpc) is 3.63. The first kappa shape index (κ1) is 31.2. The number of amides is 2. The molecule has 2 unspecified atom stereocenters. The minimum absolute atomic E-state index is 0.0734. The highest BCUT2D eigenvalue weighted by Gasteiger charge is 2.38. The number of nitrogens with zero attached hydrogens (tertiary/aromatic N) is 4. The second-order valence-corrected chi connectivity index (χ2v) is 12.5. The minimum Gasteiger partial charge on any atom is -0.495 e. The predicted molar refractivity (Wildman–Crippen MR) is 166 cm³/mol. The van der Waals surface area contributed by atoms with Crippen molar-refractivity contribution in [3.8, 4) is 5.75 Å². The molecule has 4 aliphatic rings. The zero-order chi connectivity index (χ0) is 32.7. The Hall–Kier alpha value is -4.37. The van der Waals surface area contributed by atoms with E-state index in [-0.39, 0.29) is 29.3 Å². The smallest absolute Gasteiger partial charge is 0.421 e. The zero-order valence-electron chi connectivity index (χ0n) is 25.9. The standard InChI is InChI=1S/C32H37F3N8O4/c1-46-26-14-18(29(44)38-19-3-5-20(6-4-19)43-16-21-7-8-22(17-43)47-21)2-9-24(26)40-31-37-15-23(32(33,34)35)28(41-31)39-25-10-12-42-13-11-36-30(45)27(25)42/h2,9-10,12,14-15,19-22H,3-8,11,13,16-17H2,1H3,(H,36,45)(H,38,44)(H2,37,39,40,41). The highest BCUT2D eigenvalue weighted by atomic mass is 19.4. The lowest BCUT2D eigenvalue weighted by atomic mass is 9.89. The van der Waals surface area contributed by atoms with Gasteiger partial charge >= 0.3 is 6.18 Å². The zero-order valence-corrected chi connectivity index (χ0v) is 25.9. The number of ether oxygens (including phenoxy) is 2. The lowest BCUT2D eigenvalue weighted by Crippen LogP contribution is -2.50. The van der Waals surface area contributed by atoms with Crippen LogP contribution in [-0.2, 0) is 17.5 Å². The summed E-state index contributed by atoms with van der Waals surface area (Å²) in [7, 11) is 1.43. The molecule has 1 aromatic carbocycles. The van der Waals surface area contributed by atoms with Crippen LogP contribution in [0.1, 0.15) is 64.9 Å². The fourth-order valence-electron chi connectivity index (χ4n) is 7.11. The van der Waals surface area contributed by atoms with Gasteiger partial charge in [-0.2, -0.15) is 18.2 Å². The number of aromatic nitrogens is 3. The third-order valence-electron chi connectivity index (χ3n) is 9.49.